The summed E-state index contributed by atoms with van der Waals surface area (Å²) in [5.41, 5.74) is -1.51. The lowest BCUT2D eigenvalue weighted by Gasteiger charge is -2.56. The van der Waals surface area contributed by atoms with Crippen molar-refractivity contribution in [3.05, 3.63) is 71.7 Å². The molecule has 7 amide bonds. The van der Waals surface area contributed by atoms with E-state index in [1.54, 1.807) is 37.3 Å². The number of carbonyl (C=O) groups excluding carboxylic acids is 6. The number of nitrogens with zero attached hydrogens (tertiary/aromatic N) is 5. The highest BCUT2D eigenvalue weighted by Crippen LogP contribution is 2.46. The summed E-state index contributed by atoms with van der Waals surface area (Å²) in [6, 6.07) is 9.28. The van der Waals surface area contributed by atoms with Gasteiger partial charge < -0.3 is 49.9 Å². The average molecular weight is 839 g/mol. The van der Waals surface area contributed by atoms with Crippen LogP contribution < -0.4 is 49.6 Å². The zero-order chi connectivity index (χ0) is 35.5. The van der Waals surface area contributed by atoms with Gasteiger partial charge in [0.05, 0.1) is 14.1 Å². The van der Waals surface area contributed by atoms with E-state index in [1.807, 2.05) is 48.3 Å². The number of nitrogens with one attached hydrogen (secondary N) is 3. The van der Waals surface area contributed by atoms with E-state index >= 15 is 0 Å². The number of carboxylic acids is 1. The van der Waals surface area contributed by atoms with Crippen LogP contribution in [0.2, 0.25) is 0 Å². The molecule has 0 bridgehead atoms. The third kappa shape index (κ3) is 7.38. The molecule has 4 heterocycles. The lowest BCUT2D eigenvalue weighted by molar-refractivity contribution is -0.687. The van der Waals surface area contributed by atoms with Gasteiger partial charge in [0, 0.05) is 48.2 Å². The molecule has 0 aliphatic carbocycles. The summed E-state index contributed by atoms with van der Waals surface area (Å²) < 4.78 is 1.86. The van der Waals surface area contributed by atoms with Gasteiger partial charge in [-0.25, -0.2) is 9.59 Å². The van der Waals surface area contributed by atoms with Gasteiger partial charge in [-0.15, -0.1) is 23.5 Å². The van der Waals surface area contributed by atoms with E-state index in [0.717, 1.165) is 21.6 Å². The van der Waals surface area contributed by atoms with Crippen LogP contribution in [-0.4, -0.2) is 118 Å². The molecule has 2 fully saturated rings. The molecule has 266 valence electrons. The van der Waals surface area contributed by atoms with Gasteiger partial charge in [0.2, 0.25) is 30.4 Å². The second-order valence-electron chi connectivity index (χ2n) is 11.3. The number of aliphatic carboxylic acids is 1. The molecule has 5 rings (SSSR count). The van der Waals surface area contributed by atoms with E-state index in [9.17, 15) is 38.7 Å². The zero-order valence-electron chi connectivity index (χ0n) is 27.2. The fourth-order valence-corrected chi connectivity index (χ4v) is 8.08. The van der Waals surface area contributed by atoms with Crippen LogP contribution in [0.15, 0.2) is 71.0 Å². The molecule has 1 aromatic heterocycles. The summed E-state index contributed by atoms with van der Waals surface area (Å²) in [6.07, 6.45) is 3.95. The number of aromatic nitrogens is 1. The molecule has 0 saturated carbocycles. The Balaban J connectivity index is 0.00000562. The van der Waals surface area contributed by atoms with Gasteiger partial charge in [-0.1, -0.05) is 35.0 Å². The Morgan fingerprint density at radius 3 is 2.38 bits per heavy atom. The van der Waals surface area contributed by atoms with Crippen molar-refractivity contribution in [2.45, 2.75) is 28.9 Å². The maximum Gasteiger partial charge on any atom is 0.352 e. The van der Waals surface area contributed by atoms with E-state index in [2.05, 4.69) is 16.0 Å². The summed E-state index contributed by atoms with van der Waals surface area (Å²) in [4.78, 5) is 94.4. The number of hydrogen-bond donors (Lipinski definition) is 4. The number of urea groups is 1. The predicted molar refractivity (Wildman–Crippen MR) is 177 cm³/mol. The summed E-state index contributed by atoms with van der Waals surface area (Å²) in [5, 5.41) is 18.5. The van der Waals surface area contributed by atoms with Gasteiger partial charge >= 0.3 is 23.8 Å². The average Bonchev–Trinajstić information content (AvgIpc) is 3.10. The number of imide groups is 1. The second kappa shape index (κ2) is 16.1. The van der Waals surface area contributed by atoms with Crippen molar-refractivity contribution in [1.29, 1.82) is 0 Å². The van der Waals surface area contributed by atoms with E-state index < -0.39 is 52.7 Å². The highest BCUT2D eigenvalue weighted by molar-refractivity contribution is 8.01. The van der Waals surface area contributed by atoms with Crippen LogP contribution >= 0.6 is 23.5 Å². The Morgan fingerprint density at radius 2 is 1.78 bits per heavy atom. The quantitative estimate of drug-likeness (QED) is 0.0312. The van der Waals surface area contributed by atoms with Crippen molar-refractivity contribution in [2.24, 2.45) is 0 Å². The standard InChI is InChI=1S/C31H34N8O8S2.HI/c1-4-36-14-15-38(26(43)25(36)42)30(47)33-22(19-8-6-5-7-9-19)24(41)34-31(32-18-40)28(46)39-23(27(44)45)20(17-49-29(31)39)16-48-21-10-12-37(13-11-21)35(2)3;/h5-13,18,22,29H,4,14-17H2,1-3H3,(H3-,32,33,34,40,41,44,45,47);1H/t22-,29-,31-;/m1./s1. The van der Waals surface area contributed by atoms with Crippen molar-refractivity contribution in [2.75, 3.05) is 50.2 Å². The fourth-order valence-electron chi connectivity index (χ4n) is 5.63. The first kappa shape index (κ1) is 38.4. The first-order valence-corrected chi connectivity index (χ1v) is 17.2. The van der Waals surface area contributed by atoms with Crippen molar-refractivity contribution in [1.82, 2.24) is 30.7 Å². The number of carbonyl (C=O) groups is 7. The fraction of sp³-hybridized carbons (Fsp3) is 0.355. The highest BCUT2D eigenvalue weighted by Gasteiger charge is 2.66. The topological polar surface area (TPSA) is 193 Å². The highest BCUT2D eigenvalue weighted by atomic mass is 127. The third-order valence-electron chi connectivity index (χ3n) is 8.22. The third-order valence-corrected chi connectivity index (χ3v) is 10.7. The number of hydrogen-bond acceptors (Lipinski definition) is 10. The summed E-state index contributed by atoms with van der Waals surface area (Å²) in [5.74, 6) is -4.59. The lowest BCUT2D eigenvalue weighted by atomic mass is 9.94. The summed E-state index contributed by atoms with van der Waals surface area (Å²) in [6.45, 7) is 2.01. The van der Waals surface area contributed by atoms with Crippen molar-refractivity contribution in [3.8, 4) is 0 Å². The molecule has 1 aromatic carbocycles. The number of likely N-dealkylation sites (N-methyl/N-ethyl adjacent to an activating group) is 1. The SMILES string of the molecule is CCN1CCN(C(=O)N[C@@H](C(=O)N[C@]2(NC=O)C(=O)N3C(C(=O)O)=C(CSc4cc[n+](N(C)C)cc4)CS[C@@H]32)c2ccccc2)C(=O)C1=O.[I-]. The molecule has 50 heavy (non-hydrogen) atoms. The van der Waals surface area contributed by atoms with Gasteiger partial charge in [-0.05, 0) is 18.1 Å². The van der Waals surface area contributed by atoms with E-state index in [1.165, 1.54) is 16.7 Å². The molecule has 4 N–H and O–H groups in total. The Morgan fingerprint density at radius 1 is 1.10 bits per heavy atom. The van der Waals surface area contributed by atoms with Crippen LogP contribution in [0.1, 0.15) is 18.5 Å². The molecule has 3 aliphatic heterocycles. The Bertz CT molecular complexity index is 1710. The maximum absolute atomic E-state index is 13.9. The molecule has 2 aromatic rings. The Hall–Kier alpha value is -4.37. The molecule has 2 saturated heterocycles. The summed E-state index contributed by atoms with van der Waals surface area (Å²) in [7, 11) is 3.77. The number of carboxylic acid groups (broad SMARTS) is 1. The van der Waals surface area contributed by atoms with Gasteiger partial charge in [0.25, 0.3) is 5.91 Å². The minimum absolute atomic E-state index is 0. The minimum atomic E-state index is -2.04. The van der Waals surface area contributed by atoms with Crippen LogP contribution in [0.4, 0.5) is 4.79 Å². The van der Waals surface area contributed by atoms with Crippen LogP contribution in [0.5, 0.6) is 0 Å². The number of piperazine rings is 1. The van der Waals surface area contributed by atoms with Gasteiger partial charge in [0.1, 0.15) is 17.1 Å². The second-order valence-corrected chi connectivity index (χ2v) is 13.5. The minimum Gasteiger partial charge on any atom is -1.00 e. The predicted octanol–water partition coefficient (Wildman–Crippen LogP) is -3.78. The largest absolute Gasteiger partial charge is 1.00 e. The summed E-state index contributed by atoms with van der Waals surface area (Å²) >= 11 is 2.57. The first-order chi connectivity index (χ1) is 23.4. The molecule has 0 radical (unpaired) electrons. The Labute approximate surface area is 312 Å². The smallest absolute Gasteiger partial charge is 0.352 e. The first-order valence-electron chi connectivity index (χ1n) is 15.1. The number of thioether (sulfide) groups is 2. The molecule has 0 spiro atoms. The molecule has 3 aliphatic rings. The number of halogens is 1. The molecular formula is C31H35IN8O8S2. The van der Waals surface area contributed by atoms with Crippen molar-refractivity contribution in [3.63, 3.8) is 0 Å². The van der Waals surface area contributed by atoms with E-state index in [4.69, 9.17) is 0 Å². The number of fused-ring (bicyclic) bond motifs is 1. The molecule has 16 nitrogen and oxygen atoms in total. The lowest BCUT2D eigenvalue weighted by Crippen LogP contribution is -3.00. The van der Waals surface area contributed by atoms with E-state index in [-0.39, 0.29) is 72.8 Å². The number of amides is 7. The van der Waals surface area contributed by atoms with Crippen LogP contribution in [0.25, 0.3) is 0 Å². The van der Waals surface area contributed by atoms with Crippen LogP contribution in [0, 0.1) is 0 Å². The van der Waals surface area contributed by atoms with E-state index in [0.29, 0.717) is 10.5 Å². The van der Waals surface area contributed by atoms with Gasteiger partial charge in [-0.3, -0.25) is 33.8 Å². The zero-order valence-corrected chi connectivity index (χ0v) is 31.0. The van der Waals surface area contributed by atoms with Gasteiger partial charge in [-0.2, -0.15) is 5.01 Å². The van der Waals surface area contributed by atoms with Gasteiger partial charge in [0.15, 0.2) is 0 Å². The van der Waals surface area contributed by atoms with Crippen molar-refractivity contribution >= 4 is 65.6 Å². The van der Waals surface area contributed by atoms with Crippen molar-refractivity contribution < 1.29 is 67.3 Å². The molecule has 0 unspecified atom stereocenters. The number of pyridine rings is 1. The monoisotopic (exact) mass is 838 g/mol. The normalized spacial score (nSPS) is 20.6. The van der Waals surface area contributed by atoms with Crippen LogP contribution in [0.3, 0.4) is 0 Å². The molecule has 3 atom stereocenters. The van der Waals surface area contributed by atoms with Crippen LogP contribution in [-0.2, 0) is 28.8 Å². The number of rotatable bonds is 12. The molecular weight excluding hydrogens is 803 g/mol. The Kier molecular flexibility index (Phi) is 12.4. The molecule has 19 heteroatoms. The number of β-lactam (4-membered cyclic amide) rings is 1. The number of benzene rings is 1. The maximum atomic E-state index is 13.9.